The molecule has 0 bridgehead atoms. The van der Waals surface area contributed by atoms with Crippen molar-refractivity contribution in [3.05, 3.63) is 50.2 Å². The summed E-state index contributed by atoms with van der Waals surface area (Å²) in [5.41, 5.74) is 3.20. The molecule has 0 atom stereocenters. The van der Waals surface area contributed by atoms with Gasteiger partial charge in [-0.15, -0.1) is 22.7 Å². The molecule has 3 rings (SSSR count). The quantitative estimate of drug-likeness (QED) is 0.747. The van der Waals surface area contributed by atoms with E-state index in [1.54, 1.807) is 17.5 Å². The minimum atomic E-state index is 0.574. The lowest BCUT2D eigenvalue weighted by atomic mass is 10.1. The van der Waals surface area contributed by atoms with Crippen LogP contribution < -0.4 is 5.32 Å². The zero-order valence-electron chi connectivity index (χ0n) is 10.8. The fourth-order valence-electron chi connectivity index (χ4n) is 1.90. The monoisotopic (exact) mass is 321 g/mol. The minimum absolute atomic E-state index is 0.574. The molecule has 1 aromatic carbocycles. The molecule has 0 saturated carbocycles. The van der Waals surface area contributed by atoms with E-state index in [2.05, 4.69) is 32.8 Å². The number of anilines is 1. The third-order valence-corrected chi connectivity index (χ3v) is 4.69. The van der Waals surface area contributed by atoms with E-state index in [0.29, 0.717) is 11.0 Å². The average Bonchev–Trinajstić information content (AvgIpc) is 3.06. The van der Waals surface area contributed by atoms with Gasteiger partial charge in [-0.3, -0.25) is 0 Å². The first-order valence-electron chi connectivity index (χ1n) is 6.08. The maximum absolute atomic E-state index is 5.84. The molecule has 0 unspecified atom stereocenters. The van der Waals surface area contributed by atoms with E-state index >= 15 is 0 Å². The van der Waals surface area contributed by atoms with Crippen LogP contribution in [0.5, 0.6) is 0 Å². The number of thiazole rings is 2. The lowest BCUT2D eigenvalue weighted by Gasteiger charge is -2.09. The zero-order chi connectivity index (χ0) is 13.9. The van der Waals surface area contributed by atoms with Gasteiger partial charge in [-0.2, -0.15) is 0 Å². The van der Waals surface area contributed by atoms with Crippen molar-refractivity contribution < 1.29 is 0 Å². The molecule has 0 spiro atoms. The zero-order valence-corrected chi connectivity index (χ0v) is 13.1. The molecule has 3 aromatic rings. The first-order valence-corrected chi connectivity index (χ1v) is 8.15. The smallest absolute Gasteiger partial charge is 0.183 e. The van der Waals surface area contributed by atoms with Crippen LogP contribution in [0.15, 0.2) is 35.8 Å². The van der Waals surface area contributed by atoms with E-state index in [1.165, 1.54) is 11.3 Å². The van der Waals surface area contributed by atoms with Gasteiger partial charge in [0.2, 0.25) is 0 Å². The van der Waals surface area contributed by atoms with Crippen LogP contribution in [0.4, 0.5) is 5.69 Å². The largest absolute Gasteiger partial charge is 0.380 e. The van der Waals surface area contributed by atoms with Gasteiger partial charge in [-0.1, -0.05) is 29.8 Å². The maximum atomic E-state index is 5.84. The first-order chi connectivity index (χ1) is 9.72. The van der Waals surface area contributed by atoms with E-state index < -0.39 is 0 Å². The fourth-order valence-corrected chi connectivity index (χ4v) is 3.43. The molecule has 20 heavy (non-hydrogen) atoms. The van der Waals surface area contributed by atoms with Gasteiger partial charge in [0.1, 0.15) is 0 Å². The summed E-state index contributed by atoms with van der Waals surface area (Å²) in [7, 11) is 0. The Kier molecular flexibility index (Phi) is 4.00. The van der Waals surface area contributed by atoms with Crippen LogP contribution in [-0.2, 0) is 6.54 Å². The number of benzene rings is 1. The number of para-hydroxylation sites is 1. The molecule has 0 fully saturated rings. The summed E-state index contributed by atoms with van der Waals surface area (Å²) in [6, 6.07) is 8.19. The number of aromatic nitrogens is 2. The molecule has 0 aliphatic rings. The maximum Gasteiger partial charge on any atom is 0.183 e. The third kappa shape index (κ3) is 3.00. The molecule has 0 saturated heterocycles. The molecular formula is C14H12ClN3S2. The van der Waals surface area contributed by atoms with Gasteiger partial charge in [-0.05, 0) is 13.0 Å². The van der Waals surface area contributed by atoms with Gasteiger partial charge < -0.3 is 5.32 Å². The second-order valence-corrected chi connectivity index (χ2v) is 6.99. The molecule has 102 valence electrons. The molecular weight excluding hydrogens is 310 g/mol. The van der Waals surface area contributed by atoms with Crippen molar-refractivity contribution in [3.8, 4) is 11.3 Å². The normalized spacial score (nSPS) is 10.7. The number of hydrogen-bond acceptors (Lipinski definition) is 5. The van der Waals surface area contributed by atoms with Gasteiger partial charge in [0.05, 0.1) is 17.2 Å². The SMILES string of the molecule is Cc1nc(-c2ccccc2NCc2cnc(Cl)s2)cs1. The molecule has 2 aromatic heterocycles. The van der Waals surface area contributed by atoms with Crippen molar-refractivity contribution in [2.75, 3.05) is 5.32 Å². The van der Waals surface area contributed by atoms with E-state index in [0.717, 1.165) is 26.8 Å². The summed E-state index contributed by atoms with van der Waals surface area (Å²) in [6.45, 7) is 2.73. The fraction of sp³-hybridized carbons (Fsp3) is 0.143. The molecule has 1 N–H and O–H groups in total. The molecule has 0 amide bonds. The van der Waals surface area contributed by atoms with Crippen LogP contribution in [0.3, 0.4) is 0 Å². The molecule has 0 aliphatic carbocycles. The molecule has 0 aliphatic heterocycles. The predicted octanol–water partition coefficient (Wildman–Crippen LogP) is 4.84. The molecule has 0 radical (unpaired) electrons. The summed E-state index contributed by atoms with van der Waals surface area (Å²) in [4.78, 5) is 9.70. The van der Waals surface area contributed by atoms with Crippen LogP contribution in [0, 0.1) is 6.92 Å². The first kappa shape index (κ1) is 13.5. The van der Waals surface area contributed by atoms with Crippen LogP contribution >= 0.6 is 34.3 Å². The summed E-state index contributed by atoms with van der Waals surface area (Å²) >= 11 is 9.00. The predicted molar refractivity (Wildman–Crippen MR) is 86.7 cm³/mol. The van der Waals surface area contributed by atoms with Gasteiger partial charge >= 0.3 is 0 Å². The molecule has 2 heterocycles. The Labute approximate surface area is 130 Å². The Hall–Kier alpha value is -1.43. The highest BCUT2D eigenvalue weighted by atomic mass is 35.5. The Morgan fingerprint density at radius 2 is 2.15 bits per heavy atom. The number of halogens is 1. The average molecular weight is 322 g/mol. The van der Waals surface area contributed by atoms with Gasteiger partial charge in [0.15, 0.2) is 4.47 Å². The number of aryl methyl sites for hydroxylation is 1. The van der Waals surface area contributed by atoms with Crippen LogP contribution in [0.2, 0.25) is 4.47 Å². The van der Waals surface area contributed by atoms with Crippen molar-refractivity contribution in [1.29, 1.82) is 0 Å². The van der Waals surface area contributed by atoms with Gasteiger partial charge in [-0.25, -0.2) is 9.97 Å². The van der Waals surface area contributed by atoms with E-state index in [4.69, 9.17) is 11.6 Å². The highest BCUT2D eigenvalue weighted by Gasteiger charge is 2.08. The highest BCUT2D eigenvalue weighted by Crippen LogP contribution is 2.29. The van der Waals surface area contributed by atoms with Crippen LogP contribution in [0.25, 0.3) is 11.3 Å². The number of hydrogen-bond donors (Lipinski definition) is 1. The standard InChI is InChI=1S/C14H12ClN3S2/c1-9-18-13(8-19-9)11-4-2-3-5-12(11)16-6-10-7-17-14(15)20-10/h2-5,7-8,16H,6H2,1H3. The van der Waals surface area contributed by atoms with Crippen molar-refractivity contribution in [3.63, 3.8) is 0 Å². The second kappa shape index (κ2) is 5.91. The summed E-state index contributed by atoms with van der Waals surface area (Å²) in [5, 5.41) is 6.58. The highest BCUT2D eigenvalue weighted by molar-refractivity contribution is 7.15. The summed E-state index contributed by atoms with van der Waals surface area (Å²) in [6.07, 6.45) is 1.80. The van der Waals surface area contributed by atoms with Crippen molar-refractivity contribution in [2.24, 2.45) is 0 Å². The van der Waals surface area contributed by atoms with E-state index in [9.17, 15) is 0 Å². The minimum Gasteiger partial charge on any atom is -0.380 e. The second-order valence-electron chi connectivity index (χ2n) is 4.23. The van der Waals surface area contributed by atoms with Crippen LogP contribution in [-0.4, -0.2) is 9.97 Å². The Balaban J connectivity index is 1.83. The Morgan fingerprint density at radius 3 is 2.85 bits per heavy atom. The molecule has 3 nitrogen and oxygen atoms in total. The van der Waals surface area contributed by atoms with E-state index in [-0.39, 0.29) is 0 Å². The molecule has 6 heteroatoms. The third-order valence-electron chi connectivity index (χ3n) is 2.80. The van der Waals surface area contributed by atoms with Crippen molar-refractivity contribution in [2.45, 2.75) is 13.5 Å². The number of nitrogens with zero attached hydrogens (tertiary/aromatic N) is 2. The lowest BCUT2D eigenvalue weighted by Crippen LogP contribution is -1.99. The summed E-state index contributed by atoms with van der Waals surface area (Å²) in [5.74, 6) is 0. The Bertz CT molecular complexity index is 721. The van der Waals surface area contributed by atoms with Gasteiger partial charge in [0.25, 0.3) is 0 Å². The van der Waals surface area contributed by atoms with Crippen molar-refractivity contribution in [1.82, 2.24) is 9.97 Å². The van der Waals surface area contributed by atoms with E-state index in [1.807, 2.05) is 19.1 Å². The number of rotatable bonds is 4. The topological polar surface area (TPSA) is 37.8 Å². The lowest BCUT2D eigenvalue weighted by molar-refractivity contribution is 1.17. The number of nitrogens with one attached hydrogen (secondary N) is 1. The summed E-state index contributed by atoms with van der Waals surface area (Å²) < 4.78 is 0.574. The van der Waals surface area contributed by atoms with Crippen LogP contribution in [0.1, 0.15) is 9.88 Å². The van der Waals surface area contributed by atoms with Gasteiger partial charge in [0, 0.05) is 27.7 Å². The Morgan fingerprint density at radius 1 is 1.30 bits per heavy atom. The van der Waals surface area contributed by atoms with Crippen molar-refractivity contribution >= 4 is 40.0 Å².